The van der Waals surface area contributed by atoms with Crippen molar-refractivity contribution in [2.75, 3.05) is 0 Å². The van der Waals surface area contributed by atoms with E-state index in [1.54, 1.807) is 12.1 Å². The van der Waals surface area contributed by atoms with Crippen LogP contribution in [0.25, 0.3) is 5.76 Å². The molecule has 0 saturated heterocycles. The average molecular weight is 219 g/mol. The van der Waals surface area contributed by atoms with Gasteiger partial charge < -0.3 is 10.5 Å². The van der Waals surface area contributed by atoms with E-state index in [9.17, 15) is 9.59 Å². The Morgan fingerprint density at radius 3 is 2.44 bits per heavy atom. The van der Waals surface area contributed by atoms with E-state index in [-0.39, 0.29) is 5.76 Å². The molecule has 84 valence electrons. The van der Waals surface area contributed by atoms with Crippen LogP contribution in [0.4, 0.5) is 0 Å². The largest absolute Gasteiger partial charge is 0.426 e. The monoisotopic (exact) mass is 219 g/mol. The summed E-state index contributed by atoms with van der Waals surface area (Å²) in [5, 5.41) is 0. The van der Waals surface area contributed by atoms with Crippen molar-refractivity contribution < 1.29 is 14.3 Å². The Morgan fingerprint density at radius 1 is 1.38 bits per heavy atom. The Balaban J connectivity index is 2.97. The lowest BCUT2D eigenvalue weighted by molar-refractivity contribution is -0.134. The van der Waals surface area contributed by atoms with Gasteiger partial charge in [0.2, 0.25) is 0 Å². The lowest BCUT2D eigenvalue weighted by atomic mass is 10.1. The average Bonchev–Trinajstić information content (AvgIpc) is 2.28. The molecule has 2 N–H and O–H groups in total. The molecule has 0 bridgehead atoms. The third kappa shape index (κ3) is 3.33. The van der Waals surface area contributed by atoms with Crippen LogP contribution in [0.5, 0.6) is 0 Å². The maximum Gasteiger partial charge on any atom is 0.308 e. The van der Waals surface area contributed by atoms with Crippen molar-refractivity contribution in [1.29, 1.82) is 0 Å². The second-order valence-corrected chi connectivity index (χ2v) is 3.16. The first-order valence-corrected chi connectivity index (χ1v) is 4.80. The van der Waals surface area contributed by atoms with Gasteiger partial charge in [0.1, 0.15) is 12.0 Å². The maximum absolute atomic E-state index is 10.8. The number of nitrogens with two attached hydrogens (primary N) is 1. The first-order chi connectivity index (χ1) is 7.67. The van der Waals surface area contributed by atoms with Gasteiger partial charge in [0, 0.05) is 25.1 Å². The Kier molecular flexibility index (Phi) is 4.42. The third-order valence-electron chi connectivity index (χ3n) is 1.95. The van der Waals surface area contributed by atoms with Crippen LogP contribution in [0.2, 0.25) is 0 Å². The van der Waals surface area contributed by atoms with E-state index < -0.39 is 5.97 Å². The van der Waals surface area contributed by atoms with Crippen LogP contribution in [0.1, 0.15) is 18.1 Å². The van der Waals surface area contributed by atoms with Crippen molar-refractivity contribution in [2.24, 2.45) is 5.73 Å². The molecular formula is C12H13NO3. The van der Waals surface area contributed by atoms with Crippen molar-refractivity contribution >= 4 is 18.0 Å². The molecule has 1 aromatic rings. The smallest absolute Gasteiger partial charge is 0.308 e. The number of carbonyl (C=O) groups excluding carboxylic acids is 2. The fourth-order valence-electron chi connectivity index (χ4n) is 1.21. The van der Waals surface area contributed by atoms with Gasteiger partial charge in [-0.2, -0.15) is 0 Å². The van der Waals surface area contributed by atoms with Gasteiger partial charge in [0.25, 0.3) is 0 Å². The topological polar surface area (TPSA) is 69.4 Å². The van der Waals surface area contributed by atoms with Crippen molar-refractivity contribution in [1.82, 2.24) is 0 Å². The summed E-state index contributed by atoms with van der Waals surface area (Å²) < 4.78 is 4.91. The molecule has 0 aliphatic heterocycles. The van der Waals surface area contributed by atoms with E-state index in [0.29, 0.717) is 18.4 Å². The Morgan fingerprint density at radius 2 is 2.00 bits per heavy atom. The van der Waals surface area contributed by atoms with Crippen LogP contribution in [0.15, 0.2) is 30.3 Å². The Labute approximate surface area is 93.7 Å². The number of ether oxygens (including phenoxy) is 1. The molecule has 0 aliphatic rings. The number of rotatable bonds is 4. The lowest BCUT2D eigenvalue weighted by Gasteiger charge is -2.06. The van der Waals surface area contributed by atoms with Gasteiger partial charge in [0.05, 0.1) is 0 Å². The normalized spacial score (nSPS) is 11.0. The zero-order valence-corrected chi connectivity index (χ0v) is 8.97. The molecular weight excluding hydrogens is 206 g/mol. The molecule has 0 saturated carbocycles. The van der Waals surface area contributed by atoms with E-state index in [1.807, 2.05) is 12.1 Å². The zero-order chi connectivity index (χ0) is 12.0. The predicted molar refractivity (Wildman–Crippen MR) is 60.1 cm³/mol. The summed E-state index contributed by atoms with van der Waals surface area (Å²) >= 11 is 0. The molecule has 0 aromatic heterocycles. The fourth-order valence-corrected chi connectivity index (χ4v) is 1.21. The van der Waals surface area contributed by atoms with E-state index in [1.165, 1.54) is 13.0 Å². The highest BCUT2D eigenvalue weighted by atomic mass is 16.5. The minimum atomic E-state index is -0.462. The minimum Gasteiger partial charge on any atom is -0.426 e. The molecule has 1 rings (SSSR count). The maximum atomic E-state index is 10.8. The Bertz CT molecular complexity index is 407. The van der Waals surface area contributed by atoms with Crippen LogP contribution < -0.4 is 5.73 Å². The molecule has 0 atom stereocenters. The van der Waals surface area contributed by atoms with Crippen LogP contribution in [-0.2, 0) is 20.9 Å². The Hall–Kier alpha value is -1.94. The molecule has 1 aromatic carbocycles. The molecule has 0 fully saturated rings. The van der Waals surface area contributed by atoms with Crippen molar-refractivity contribution in [3.8, 4) is 0 Å². The summed E-state index contributed by atoms with van der Waals surface area (Å²) in [4.78, 5) is 21.2. The third-order valence-corrected chi connectivity index (χ3v) is 1.95. The number of carbonyl (C=O) groups is 2. The van der Waals surface area contributed by atoms with Crippen molar-refractivity contribution in [3.05, 3.63) is 41.5 Å². The van der Waals surface area contributed by atoms with E-state index in [2.05, 4.69) is 0 Å². The summed E-state index contributed by atoms with van der Waals surface area (Å²) in [5.41, 5.74) is 7.09. The van der Waals surface area contributed by atoms with E-state index in [4.69, 9.17) is 10.5 Å². The van der Waals surface area contributed by atoms with Crippen LogP contribution in [0, 0.1) is 0 Å². The molecule has 0 aliphatic carbocycles. The van der Waals surface area contributed by atoms with Gasteiger partial charge in [-0.25, -0.2) is 0 Å². The quantitative estimate of drug-likeness (QED) is 0.358. The highest BCUT2D eigenvalue weighted by Gasteiger charge is 2.05. The summed E-state index contributed by atoms with van der Waals surface area (Å²) in [7, 11) is 0. The lowest BCUT2D eigenvalue weighted by Crippen LogP contribution is -2.00. The van der Waals surface area contributed by atoms with Crippen molar-refractivity contribution in [2.45, 2.75) is 13.5 Å². The van der Waals surface area contributed by atoms with Gasteiger partial charge >= 0.3 is 5.97 Å². The molecule has 0 radical (unpaired) electrons. The molecule has 0 heterocycles. The van der Waals surface area contributed by atoms with Gasteiger partial charge in [-0.1, -0.05) is 24.3 Å². The highest BCUT2D eigenvalue weighted by molar-refractivity contribution is 5.83. The van der Waals surface area contributed by atoms with Gasteiger partial charge in [-0.15, -0.1) is 0 Å². The molecule has 4 nitrogen and oxygen atoms in total. The molecule has 0 unspecified atom stereocenters. The minimum absolute atomic E-state index is 0.242. The van der Waals surface area contributed by atoms with Gasteiger partial charge in [0.15, 0.2) is 0 Å². The summed E-state index contributed by atoms with van der Waals surface area (Å²) in [6.45, 7) is 1.73. The number of allylic oxidation sites excluding steroid dienone is 1. The number of benzene rings is 1. The fraction of sp³-hybridized carbons (Fsp3) is 0.167. The van der Waals surface area contributed by atoms with Gasteiger partial charge in [-0.3, -0.25) is 9.59 Å². The number of hydrogen-bond acceptors (Lipinski definition) is 4. The second kappa shape index (κ2) is 5.82. The van der Waals surface area contributed by atoms with Gasteiger partial charge in [-0.05, 0) is 5.56 Å². The molecule has 4 heteroatoms. The van der Waals surface area contributed by atoms with Crippen LogP contribution >= 0.6 is 0 Å². The predicted octanol–water partition coefficient (Wildman–Crippen LogP) is 1.25. The number of esters is 1. The number of hydrogen-bond donors (Lipinski definition) is 1. The zero-order valence-electron chi connectivity index (χ0n) is 8.97. The number of aldehydes is 1. The van der Waals surface area contributed by atoms with Crippen LogP contribution in [0.3, 0.4) is 0 Å². The highest BCUT2D eigenvalue weighted by Crippen LogP contribution is 2.16. The molecule has 16 heavy (non-hydrogen) atoms. The van der Waals surface area contributed by atoms with Crippen molar-refractivity contribution in [3.63, 3.8) is 0 Å². The summed E-state index contributed by atoms with van der Waals surface area (Å²) in [6, 6.07) is 7.13. The second-order valence-electron chi connectivity index (χ2n) is 3.16. The first-order valence-electron chi connectivity index (χ1n) is 4.80. The standard InChI is InChI=1S/C12H13NO3/c1-9(15)16-12(6-7-14)11-4-2-10(8-13)3-5-11/h2-7H,8,13H2,1H3. The first kappa shape index (κ1) is 12.1. The summed E-state index contributed by atoms with van der Waals surface area (Å²) in [5.74, 6) is -0.220. The summed E-state index contributed by atoms with van der Waals surface area (Å²) in [6.07, 6.45) is 1.79. The molecule has 0 amide bonds. The van der Waals surface area contributed by atoms with E-state index >= 15 is 0 Å². The van der Waals surface area contributed by atoms with E-state index in [0.717, 1.165) is 5.56 Å². The van der Waals surface area contributed by atoms with Crippen LogP contribution in [-0.4, -0.2) is 12.3 Å². The molecule has 0 spiro atoms. The SMILES string of the molecule is CC(=O)OC(=CC=O)c1ccc(CN)cc1.